The molecule has 1 fully saturated rings. The first-order valence-electron chi connectivity index (χ1n) is 6.64. The fraction of sp³-hybridized carbons (Fsp3) is 0.533. The van der Waals surface area contributed by atoms with Gasteiger partial charge in [0.15, 0.2) is 0 Å². The van der Waals surface area contributed by atoms with Gasteiger partial charge in [-0.2, -0.15) is 0 Å². The summed E-state index contributed by atoms with van der Waals surface area (Å²) in [6.45, 7) is 0.359. The Morgan fingerprint density at radius 1 is 1.33 bits per heavy atom. The smallest absolute Gasteiger partial charge is 0.222 e. The van der Waals surface area contributed by atoms with E-state index in [2.05, 4.69) is 0 Å². The van der Waals surface area contributed by atoms with E-state index in [4.69, 9.17) is 0 Å². The number of carbonyl (C=O) groups excluding carboxylic acids is 1. The molecule has 0 bridgehead atoms. The third-order valence-corrected chi connectivity index (χ3v) is 3.73. The lowest BCUT2D eigenvalue weighted by Gasteiger charge is -2.19. The maximum Gasteiger partial charge on any atom is 0.222 e. The molecule has 1 amide bonds. The number of nitrogens with zero attached hydrogens (tertiary/aromatic N) is 1. The van der Waals surface area contributed by atoms with E-state index in [-0.39, 0.29) is 11.7 Å². The highest BCUT2D eigenvalue weighted by Crippen LogP contribution is 2.28. The Hall–Kier alpha value is -1.38. The molecule has 0 saturated heterocycles. The SMILES string of the molecule is CN(Cc1ccccc1F)C(=O)CC1CCCC1. The number of halogens is 1. The van der Waals surface area contributed by atoms with Gasteiger partial charge >= 0.3 is 0 Å². The third kappa shape index (κ3) is 3.31. The van der Waals surface area contributed by atoms with E-state index in [0.29, 0.717) is 24.4 Å². The molecule has 1 aromatic rings. The van der Waals surface area contributed by atoms with Crippen molar-refractivity contribution < 1.29 is 9.18 Å². The van der Waals surface area contributed by atoms with Crippen molar-refractivity contribution in [3.63, 3.8) is 0 Å². The molecule has 0 aromatic heterocycles. The molecule has 98 valence electrons. The molecule has 0 aliphatic heterocycles. The Morgan fingerprint density at radius 3 is 2.67 bits per heavy atom. The van der Waals surface area contributed by atoms with Crippen molar-refractivity contribution in [3.05, 3.63) is 35.6 Å². The van der Waals surface area contributed by atoms with E-state index < -0.39 is 0 Å². The molecule has 2 nitrogen and oxygen atoms in total. The lowest BCUT2D eigenvalue weighted by molar-refractivity contribution is -0.131. The molecule has 1 aromatic carbocycles. The Morgan fingerprint density at radius 2 is 2.00 bits per heavy atom. The molecular weight excluding hydrogens is 229 g/mol. The van der Waals surface area contributed by atoms with Gasteiger partial charge in [0.05, 0.1) is 0 Å². The van der Waals surface area contributed by atoms with Crippen LogP contribution in [-0.4, -0.2) is 17.9 Å². The van der Waals surface area contributed by atoms with Crippen molar-refractivity contribution >= 4 is 5.91 Å². The zero-order valence-corrected chi connectivity index (χ0v) is 10.9. The predicted octanol–water partition coefficient (Wildman–Crippen LogP) is 3.36. The van der Waals surface area contributed by atoms with Gasteiger partial charge in [-0.25, -0.2) is 4.39 Å². The van der Waals surface area contributed by atoms with Crippen LogP contribution in [0.25, 0.3) is 0 Å². The van der Waals surface area contributed by atoms with Crippen molar-refractivity contribution in [2.24, 2.45) is 5.92 Å². The predicted molar refractivity (Wildman–Crippen MR) is 69.4 cm³/mol. The fourth-order valence-corrected chi connectivity index (χ4v) is 2.59. The van der Waals surface area contributed by atoms with E-state index in [1.165, 1.54) is 31.7 Å². The Balaban J connectivity index is 1.89. The van der Waals surface area contributed by atoms with E-state index in [0.717, 1.165) is 0 Å². The normalized spacial score (nSPS) is 15.9. The van der Waals surface area contributed by atoms with Crippen LogP contribution in [-0.2, 0) is 11.3 Å². The lowest BCUT2D eigenvalue weighted by atomic mass is 10.0. The molecule has 3 heteroatoms. The molecular formula is C15H20FNO. The van der Waals surface area contributed by atoms with Crippen LogP contribution >= 0.6 is 0 Å². The second kappa shape index (κ2) is 5.98. The van der Waals surface area contributed by atoms with Crippen LogP contribution in [0.2, 0.25) is 0 Å². The highest BCUT2D eigenvalue weighted by atomic mass is 19.1. The molecule has 18 heavy (non-hydrogen) atoms. The van der Waals surface area contributed by atoms with E-state index >= 15 is 0 Å². The van der Waals surface area contributed by atoms with Crippen LogP contribution in [0.15, 0.2) is 24.3 Å². The van der Waals surface area contributed by atoms with Gasteiger partial charge in [0.25, 0.3) is 0 Å². The molecule has 1 saturated carbocycles. The zero-order chi connectivity index (χ0) is 13.0. The van der Waals surface area contributed by atoms with E-state index in [1.807, 2.05) is 0 Å². The number of carbonyl (C=O) groups is 1. The summed E-state index contributed by atoms with van der Waals surface area (Å²) in [7, 11) is 1.75. The van der Waals surface area contributed by atoms with Crippen molar-refractivity contribution in [1.82, 2.24) is 4.90 Å². The van der Waals surface area contributed by atoms with Crippen molar-refractivity contribution in [1.29, 1.82) is 0 Å². The van der Waals surface area contributed by atoms with Crippen LogP contribution in [0.3, 0.4) is 0 Å². The van der Waals surface area contributed by atoms with Gasteiger partial charge in [-0.1, -0.05) is 31.0 Å². The van der Waals surface area contributed by atoms with Crippen molar-refractivity contribution in [2.45, 2.75) is 38.6 Å². The Kier molecular flexibility index (Phi) is 4.34. The number of amides is 1. The van der Waals surface area contributed by atoms with Crippen LogP contribution in [0.5, 0.6) is 0 Å². The molecule has 0 atom stereocenters. The largest absolute Gasteiger partial charge is 0.341 e. The molecule has 0 radical (unpaired) electrons. The van der Waals surface area contributed by atoms with Gasteiger partial charge in [0.1, 0.15) is 5.82 Å². The van der Waals surface area contributed by atoms with Crippen LogP contribution in [0, 0.1) is 11.7 Å². The second-order valence-corrected chi connectivity index (χ2v) is 5.20. The summed E-state index contributed by atoms with van der Waals surface area (Å²) >= 11 is 0. The minimum atomic E-state index is -0.238. The number of hydrogen-bond donors (Lipinski definition) is 0. The summed E-state index contributed by atoms with van der Waals surface area (Å²) in [5.74, 6) is 0.434. The van der Waals surface area contributed by atoms with E-state index in [9.17, 15) is 9.18 Å². The lowest BCUT2D eigenvalue weighted by Crippen LogP contribution is -2.27. The van der Waals surface area contributed by atoms with Gasteiger partial charge in [-0.15, -0.1) is 0 Å². The molecule has 2 rings (SSSR count). The molecule has 1 aliphatic carbocycles. The fourth-order valence-electron chi connectivity index (χ4n) is 2.59. The molecule has 0 N–H and O–H groups in total. The zero-order valence-electron chi connectivity index (χ0n) is 10.9. The van der Waals surface area contributed by atoms with Crippen molar-refractivity contribution in [2.75, 3.05) is 7.05 Å². The third-order valence-electron chi connectivity index (χ3n) is 3.73. The first kappa shape index (κ1) is 13.1. The molecule has 1 aliphatic rings. The maximum atomic E-state index is 13.5. The van der Waals surface area contributed by atoms with Crippen LogP contribution in [0.4, 0.5) is 4.39 Å². The Bertz CT molecular complexity index is 413. The van der Waals surface area contributed by atoms with Crippen LogP contribution < -0.4 is 0 Å². The number of hydrogen-bond acceptors (Lipinski definition) is 1. The number of benzene rings is 1. The summed E-state index contributed by atoms with van der Waals surface area (Å²) in [6, 6.07) is 6.63. The summed E-state index contributed by atoms with van der Waals surface area (Å²) in [5.41, 5.74) is 0.583. The summed E-state index contributed by atoms with van der Waals surface area (Å²) in [5, 5.41) is 0. The highest BCUT2D eigenvalue weighted by Gasteiger charge is 2.20. The highest BCUT2D eigenvalue weighted by molar-refractivity contribution is 5.76. The first-order valence-corrected chi connectivity index (χ1v) is 6.64. The number of rotatable bonds is 4. The minimum absolute atomic E-state index is 0.130. The standard InChI is InChI=1S/C15H20FNO/c1-17(11-13-8-4-5-9-14(13)16)15(18)10-12-6-2-3-7-12/h4-5,8-9,12H,2-3,6-7,10-11H2,1H3. The Labute approximate surface area is 108 Å². The van der Waals surface area contributed by atoms with Gasteiger partial charge in [0, 0.05) is 25.6 Å². The molecule has 0 heterocycles. The van der Waals surface area contributed by atoms with Crippen LogP contribution in [0.1, 0.15) is 37.7 Å². The van der Waals surface area contributed by atoms with E-state index in [1.54, 1.807) is 30.1 Å². The second-order valence-electron chi connectivity index (χ2n) is 5.20. The van der Waals surface area contributed by atoms with Gasteiger partial charge < -0.3 is 4.90 Å². The summed E-state index contributed by atoms with van der Waals surface area (Å²) < 4.78 is 13.5. The van der Waals surface area contributed by atoms with Gasteiger partial charge in [0.2, 0.25) is 5.91 Å². The average Bonchev–Trinajstić information content (AvgIpc) is 2.84. The summed E-state index contributed by atoms with van der Waals surface area (Å²) in [4.78, 5) is 13.7. The van der Waals surface area contributed by atoms with Crippen molar-refractivity contribution in [3.8, 4) is 0 Å². The monoisotopic (exact) mass is 249 g/mol. The quantitative estimate of drug-likeness (QED) is 0.801. The minimum Gasteiger partial charge on any atom is -0.341 e. The average molecular weight is 249 g/mol. The van der Waals surface area contributed by atoms with Gasteiger partial charge in [-0.05, 0) is 24.8 Å². The van der Waals surface area contributed by atoms with Gasteiger partial charge in [-0.3, -0.25) is 4.79 Å². The molecule has 0 spiro atoms. The topological polar surface area (TPSA) is 20.3 Å². The first-order chi connectivity index (χ1) is 8.66. The molecule has 0 unspecified atom stereocenters. The maximum absolute atomic E-state index is 13.5. The summed E-state index contributed by atoms with van der Waals surface area (Å²) in [6.07, 6.45) is 5.44.